The number of aliphatic hydroxyl groups excluding tert-OH is 2. The van der Waals surface area contributed by atoms with Crippen molar-refractivity contribution in [1.29, 1.82) is 0 Å². The summed E-state index contributed by atoms with van der Waals surface area (Å²) < 4.78 is 22.7. The lowest BCUT2D eigenvalue weighted by Crippen LogP contribution is -2.64. The molecular weight excluding hydrogens is 484 g/mol. The van der Waals surface area contributed by atoms with Crippen LogP contribution >= 0.6 is 0 Å². The van der Waals surface area contributed by atoms with Gasteiger partial charge in [0.15, 0.2) is 11.9 Å². The van der Waals surface area contributed by atoms with E-state index in [0.717, 1.165) is 0 Å². The molecule has 200 valence electrons. The average molecular weight is 517 g/mol. The Morgan fingerprint density at radius 1 is 1.24 bits per heavy atom. The highest BCUT2D eigenvalue weighted by molar-refractivity contribution is 5.93. The van der Waals surface area contributed by atoms with Crippen molar-refractivity contribution in [1.82, 2.24) is 0 Å². The minimum absolute atomic E-state index is 0.0107. The topological polar surface area (TPSA) is 156 Å². The second-order valence-electron chi connectivity index (χ2n) is 12.9. The summed E-state index contributed by atoms with van der Waals surface area (Å²) in [5, 5.41) is 35.2. The summed E-state index contributed by atoms with van der Waals surface area (Å²) in [6, 6.07) is 1.74. The van der Waals surface area contributed by atoms with Crippen LogP contribution < -0.4 is 0 Å². The first-order valence-electron chi connectivity index (χ1n) is 12.9. The van der Waals surface area contributed by atoms with Gasteiger partial charge in [-0.3, -0.25) is 9.59 Å². The first-order valence-corrected chi connectivity index (χ1v) is 12.9. The van der Waals surface area contributed by atoms with Gasteiger partial charge in [0.1, 0.15) is 23.4 Å². The molecule has 2 spiro atoms. The standard InChI is InChI=1S/C27H32O10/c1-22-11-25(33)18(15(29)19(22)31)27-13(24(25,3)17(22)16(30)21(32)34-4)5-7-23(2)20(12-6-8-35-10-12)36-14(28)9-26(23,27)37-27/h6,8,10,13,16-20,30-31,33H,5,7,9,11H2,1-4H3/t13-,16+,17+,18+,19-,20+,22-,23+,24-,25+,26+,27+/m1/s1. The first-order chi connectivity index (χ1) is 17.3. The van der Waals surface area contributed by atoms with Gasteiger partial charge in [-0.1, -0.05) is 20.8 Å². The summed E-state index contributed by atoms with van der Waals surface area (Å²) in [6.07, 6.45) is 0.133. The fourth-order valence-corrected chi connectivity index (χ4v) is 10.6. The van der Waals surface area contributed by atoms with Crippen molar-refractivity contribution in [2.24, 2.45) is 34.0 Å². The smallest absolute Gasteiger partial charge is 0.335 e. The number of rotatable bonds is 3. The van der Waals surface area contributed by atoms with Gasteiger partial charge in [0.25, 0.3) is 0 Å². The molecule has 7 rings (SSSR count). The number of epoxide rings is 1. The predicted octanol–water partition coefficient (Wildman–Crippen LogP) is 1.06. The number of Topliss-reactive ketones (excluding diaryl/α,β-unsaturated/α-hetero) is 1. The van der Waals surface area contributed by atoms with E-state index in [0.29, 0.717) is 18.4 Å². The molecule has 12 atom stereocenters. The monoisotopic (exact) mass is 516 g/mol. The Morgan fingerprint density at radius 3 is 2.62 bits per heavy atom. The van der Waals surface area contributed by atoms with E-state index in [4.69, 9.17) is 18.6 Å². The fourth-order valence-electron chi connectivity index (χ4n) is 10.6. The number of cyclic esters (lactones) is 1. The van der Waals surface area contributed by atoms with E-state index in [1.165, 1.54) is 19.6 Å². The predicted molar refractivity (Wildman–Crippen MR) is 121 cm³/mol. The number of methoxy groups -OCH3 is 1. The highest BCUT2D eigenvalue weighted by atomic mass is 16.7. The van der Waals surface area contributed by atoms with Crippen molar-refractivity contribution in [3.8, 4) is 0 Å². The summed E-state index contributed by atoms with van der Waals surface area (Å²) in [5.41, 5.74) is -6.52. The van der Waals surface area contributed by atoms with Gasteiger partial charge in [-0.2, -0.15) is 0 Å². The van der Waals surface area contributed by atoms with Crippen LogP contribution in [0.1, 0.15) is 58.1 Å². The van der Waals surface area contributed by atoms with Gasteiger partial charge in [0.2, 0.25) is 0 Å². The van der Waals surface area contributed by atoms with Crippen LogP contribution in [0.25, 0.3) is 0 Å². The molecule has 2 aliphatic heterocycles. The Hall–Kier alpha value is -2.27. The second kappa shape index (κ2) is 6.47. The van der Waals surface area contributed by atoms with Gasteiger partial charge in [-0.25, -0.2) is 4.79 Å². The molecule has 2 bridgehead atoms. The SMILES string of the molecule is COC(=O)[C@@H](O)[C@H]1[C@@]2(C)C[C@]3(O)[C@H](C(=O)[C@H]2O)[C@]24O[C@]25CC(=O)O[C@@H](c2ccoc2)[C@]5(C)CC[C@@H]4[C@]13C. The van der Waals surface area contributed by atoms with Gasteiger partial charge in [0, 0.05) is 33.6 Å². The highest BCUT2D eigenvalue weighted by Gasteiger charge is 2.99. The van der Waals surface area contributed by atoms with Crippen LogP contribution in [0.15, 0.2) is 23.0 Å². The Bertz CT molecular complexity index is 1240. The van der Waals surface area contributed by atoms with Gasteiger partial charge in [-0.15, -0.1) is 0 Å². The minimum atomic E-state index is -1.66. The molecule has 10 heteroatoms. The fraction of sp³-hybridized carbons (Fsp3) is 0.741. The Labute approximate surface area is 213 Å². The van der Waals surface area contributed by atoms with Crippen molar-refractivity contribution in [2.75, 3.05) is 7.11 Å². The van der Waals surface area contributed by atoms with Crippen molar-refractivity contribution in [3.63, 3.8) is 0 Å². The van der Waals surface area contributed by atoms with Gasteiger partial charge in [0.05, 0.1) is 37.6 Å². The summed E-state index contributed by atoms with van der Waals surface area (Å²) in [6.45, 7) is 5.44. The molecule has 1 aromatic heterocycles. The maximum Gasteiger partial charge on any atom is 0.335 e. The molecule has 37 heavy (non-hydrogen) atoms. The summed E-state index contributed by atoms with van der Waals surface area (Å²) in [7, 11) is 1.17. The summed E-state index contributed by atoms with van der Waals surface area (Å²) in [5.74, 6) is -4.48. The van der Waals surface area contributed by atoms with E-state index in [2.05, 4.69) is 0 Å². The number of esters is 2. The molecule has 6 fully saturated rings. The number of carbonyl (C=O) groups is 3. The zero-order chi connectivity index (χ0) is 26.6. The lowest BCUT2D eigenvalue weighted by atomic mass is 9.48. The number of furan rings is 1. The van der Waals surface area contributed by atoms with E-state index < -0.39 is 86.8 Å². The molecular formula is C27H32O10. The van der Waals surface area contributed by atoms with Crippen molar-refractivity contribution in [2.45, 2.75) is 81.6 Å². The van der Waals surface area contributed by atoms with Crippen LogP contribution in [0.4, 0.5) is 0 Å². The van der Waals surface area contributed by atoms with Gasteiger partial charge >= 0.3 is 11.9 Å². The number of hydrogen-bond donors (Lipinski definition) is 3. The van der Waals surface area contributed by atoms with Crippen LogP contribution in [0.2, 0.25) is 0 Å². The molecule has 3 N–H and O–H groups in total. The molecule has 4 aliphatic carbocycles. The maximum absolute atomic E-state index is 14.0. The molecule has 6 aliphatic rings. The Balaban J connectivity index is 1.45. The molecule has 3 heterocycles. The largest absolute Gasteiger partial charge is 0.472 e. The van der Waals surface area contributed by atoms with Crippen molar-refractivity contribution in [3.05, 3.63) is 24.2 Å². The van der Waals surface area contributed by atoms with Crippen LogP contribution in [-0.4, -0.2) is 69.2 Å². The molecule has 1 aromatic rings. The van der Waals surface area contributed by atoms with Crippen molar-refractivity contribution >= 4 is 17.7 Å². The molecule has 0 radical (unpaired) electrons. The average Bonchev–Trinajstić information content (AvgIpc) is 3.11. The molecule has 0 aromatic carbocycles. The van der Waals surface area contributed by atoms with Crippen molar-refractivity contribution < 1.29 is 48.3 Å². The molecule has 0 amide bonds. The molecule has 0 unspecified atom stereocenters. The third-order valence-corrected chi connectivity index (χ3v) is 11.9. The third-order valence-electron chi connectivity index (χ3n) is 11.9. The Morgan fingerprint density at radius 2 is 1.97 bits per heavy atom. The van der Waals surface area contributed by atoms with E-state index in [9.17, 15) is 29.7 Å². The minimum Gasteiger partial charge on any atom is -0.472 e. The highest BCUT2D eigenvalue weighted by Crippen LogP contribution is 2.88. The van der Waals surface area contributed by atoms with Crippen LogP contribution in [0, 0.1) is 34.0 Å². The van der Waals surface area contributed by atoms with Crippen LogP contribution in [0.3, 0.4) is 0 Å². The van der Waals surface area contributed by atoms with E-state index in [1.807, 2.05) is 6.92 Å². The van der Waals surface area contributed by atoms with Gasteiger partial charge in [-0.05, 0) is 25.3 Å². The normalized spacial score (nSPS) is 55.6. The van der Waals surface area contributed by atoms with E-state index in [1.54, 1.807) is 19.9 Å². The molecule has 4 saturated carbocycles. The number of ketones is 1. The zero-order valence-electron chi connectivity index (χ0n) is 21.2. The van der Waals surface area contributed by atoms with Crippen LogP contribution in [-0.2, 0) is 28.6 Å². The maximum atomic E-state index is 14.0. The third kappa shape index (κ3) is 2.11. The number of carbonyl (C=O) groups excluding carboxylic acids is 3. The summed E-state index contributed by atoms with van der Waals surface area (Å²) >= 11 is 0. The number of hydrogen-bond acceptors (Lipinski definition) is 10. The first kappa shape index (κ1) is 23.8. The zero-order valence-corrected chi connectivity index (χ0v) is 21.2. The number of aliphatic hydroxyl groups is 3. The quantitative estimate of drug-likeness (QED) is 0.392. The number of ether oxygens (including phenoxy) is 3. The lowest BCUT2D eigenvalue weighted by Gasteiger charge is -2.54. The van der Waals surface area contributed by atoms with E-state index >= 15 is 0 Å². The van der Waals surface area contributed by atoms with Gasteiger partial charge < -0.3 is 33.9 Å². The molecule has 10 nitrogen and oxygen atoms in total. The number of fused-ring (bicyclic) bond motifs is 2. The summed E-state index contributed by atoms with van der Waals surface area (Å²) in [4.78, 5) is 39.8. The second-order valence-corrected chi connectivity index (χ2v) is 12.9. The van der Waals surface area contributed by atoms with Crippen LogP contribution in [0.5, 0.6) is 0 Å². The lowest BCUT2D eigenvalue weighted by molar-refractivity contribution is -0.185. The molecule has 2 saturated heterocycles. The Kier molecular flexibility index (Phi) is 4.17. The van der Waals surface area contributed by atoms with E-state index in [-0.39, 0.29) is 12.8 Å².